The van der Waals surface area contributed by atoms with Gasteiger partial charge in [-0.1, -0.05) is 0 Å². The maximum atomic E-state index is 12.6. The second-order valence-electron chi connectivity index (χ2n) is 6.47. The molecule has 1 saturated carbocycles. The van der Waals surface area contributed by atoms with E-state index in [4.69, 9.17) is 4.74 Å². The highest BCUT2D eigenvalue weighted by Crippen LogP contribution is 2.28. The summed E-state index contributed by atoms with van der Waals surface area (Å²) in [6, 6.07) is 6.07. The molecule has 1 aromatic carbocycles. The zero-order valence-corrected chi connectivity index (χ0v) is 15.7. The Bertz CT molecular complexity index is 917. The Balaban J connectivity index is 1.89. The summed E-state index contributed by atoms with van der Waals surface area (Å²) in [6.07, 6.45) is 3.24. The van der Waals surface area contributed by atoms with Crippen molar-refractivity contribution >= 4 is 21.7 Å². The molecule has 9 heteroatoms. The summed E-state index contributed by atoms with van der Waals surface area (Å²) >= 11 is 0. The van der Waals surface area contributed by atoms with Crippen molar-refractivity contribution in [2.75, 3.05) is 12.4 Å². The predicted molar refractivity (Wildman–Crippen MR) is 96.9 cm³/mol. The lowest BCUT2D eigenvalue weighted by Gasteiger charge is -2.14. The molecule has 26 heavy (non-hydrogen) atoms. The van der Waals surface area contributed by atoms with Crippen molar-refractivity contribution < 1.29 is 17.9 Å². The lowest BCUT2D eigenvalue weighted by Crippen LogP contribution is -2.26. The third-order valence-electron chi connectivity index (χ3n) is 4.02. The van der Waals surface area contributed by atoms with Crippen LogP contribution in [-0.4, -0.2) is 37.3 Å². The molecule has 1 amide bonds. The van der Waals surface area contributed by atoms with Gasteiger partial charge in [0, 0.05) is 23.7 Å². The summed E-state index contributed by atoms with van der Waals surface area (Å²) in [7, 11) is -2.36. The summed E-state index contributed by atoms with van der Waals surface area (Å²) in [5.74, 6) is 0.321. The first-order valence-electron chi connectivity index (χ1n) is 8.37. The number of anilines is 1. The predicted octanol–water partition coefficient (Wildman–Crippen LogP) is 2.17. The van der Waals surface area contributed by atoms with Gasteiger partial charge in [-0.3, -0.25) is 4.79 Å². The van der Waals surface area contributed by atoms with Crippen LogP contribution in [0, 0.1) is 0 Å². The molecular weight excluding hydrogens is 356 g/mol. The van der Waals surface area contributed by atoms with Gasteiger partial charge in [0.05, 0.1) is 13.3 Å². The Hall–Kier alpha value is -2.39. The first-order valence-corrected chi connectivity index (χ1v) is 9.85. The van der Waals surface area contributed by atoms with E-state index >= 15 is 0 Å². The summed E-state index contributed by atoms with van der Waals surface area (Å²) in [5.41, 5.74) is 0.221. The van der Waals surface area contributed by atoms with Crippen LogP contribution in [0.25, 0.3) is 0 Å². The first kappa shape index (κ1) is 18.4. The van der Waals surface area contributed by atoms with Crippen LogP contribution < -0.4 is 14.8 Å². The topological polar surface area (TPSA) is 102 Å². The Labute approximate surface area is 152 Å². The third-order valence-corrected chi connectivity index (χ3v) is 5.56. The van der Waals surface area contributed by atoms with Gasteiger partial charge in [0.25, 0.3) is 5.91 Å². The average molecular weight is 378 g/mol. The quantitative estimate of drug-likeness (QED) is 0.769. The van der Waals surface area contributed by atoms with Gasteiger partial charge in [-0.25, -0.2) is 17.8 Å². The van der Waals surface area contributed by atoms with Crippen LogP contribution in [0.2, 0.25) is 0 Å². The van der Waals surface area contributed by atoms with Crippen molar-refractivity contribution in [1.29, 1.82) is 0 Å². The number of rotatable bonds is 7. The van der Waals surface area contributed by atoms with Gasteiger partial charge in [-0.2, -0.15) is 5.10 Å². The van der Waals surface area contributed by atoms with Crippen LogP contribution in [-0.2, 0) is 10.0 Å². The lowest BCUT2D eigenvalue weighted by molar-refractivity contribution is 0.102. The molecular formula is C17H22N4O4S. The molecule has 0 atom stereocenters. The fourth-order valence-corrected chi connectivity index (χ4v) is 4.03. The molecule has 1 heterocycles. The molecule has 1 aliphatic carbocycles. The van der Waals surface area contributed by atoms with E-state index in [9.17, 15) is 13.2 Å². The van der Waals surface area contributed by atoms with Gasteiger partial charge in [0.2, 0.25) is 10.0 Å². The molecule has 140 valence electrons. The summed E-state index contributed by atoms with van der Waals surface area (Å²) in [4.78, 5) is 12.5. The number of benzene rings is 1. The van der Waals surface area contributed by atoms with Crippen molar-refractivity contribution in [2.24, 2.45) is 0 Å². The molecule has 8 nitrogen and oxygen atoms in total. The van der Waals surface area contributed by atoms with Crippen LogP contribution in [0.1, 0.15) is 43.1 Å². The normalized spacial score (nSPS) is 14.5. The van der Waals surface area contributed by atoms with E-state index in [0.29, 0.717) is 5.82 Å². The Kier molecular flexibility index (Phi) is 5.01. The molecule has 0 saturated heterocycles. The van der Waals surface area contributed by atoms with Gasteiger partial charge in [0.1, 0.15) is 16.5 Å². The van der Waals surface area contributed by atoms with Gasteiger partial charge >= 0.3 is 0 Å². The van der Waals surface area contributed by atoms with Crippen molar-refractivity contribution in [3.8, 4) is 5.75 Å². The van der Waals surface area contributed by atoms with Gasteiger partial charge in [-0.15, -0.1) is 0 Å². The number of amides is 1. The molecule has 0 aliphatic heterocycles. The second-order valence-corrected chi connectivity index (χ2v) is 8.15. The van der Waals surface area contributed by atoms with Gasteiger partial charge < -0.3 is 10.1 Å². The summed E-state index contributed by atoms with van der Waals surface area (Å²) in [5, 5.41) is 6.93. The number of carbonyl (C=O) groups is 1. The highest BCUT2D eigenvalue weighted by atomic mass is 32.2. The standard InChI is InChI=1S/C17H22N4O4S/c1-11(2)21-16(8-9-18-21)19-17(22)12-4-7-14(25-3)15(10-12)26(23,24)20-13-5-6-13/h4,7-11,13,20H,5-6H2,1-3H3,(H,19,22). The zero-order chi connectivity index (χ0) is 18.9. The van der Waals surface area contributed by atoms with Gasteiger partial charge in [-0.05, 0) is 44.9 Å². The van der Waals surface area contributed by atoms with E-state index in [-0.39, 0.29) is 28.3 Å². The fourth-order valence-electron chi connectivity index (χ4n) is 2.53. The third kappa shape index (κ3) is 3.88. The molecule has 1 fully saturated rings. The number of nitrogens with zero attached hydrogens (tertiary/aromatic N) is 2. The maximum Gasteiger partial charge on any atom is 0.256 e. The molecule has 1 aromatic heterocycles. The number of hydrogen-bond donors (Lipinski definition) is 2. The first-order chi connectivity index (χ1) is 12.3. The fraction of sp³-hybridized carbons (Fsp3) is 0.412. The van der Waals surface area contributed by atoms with Crippen molar-refractivity contribution in [2.45, 2.75) is 43.7 Å². The molecule has 0 unspecified atom stereocenters. The van der Waals surface area contributed by atoms with Crippen molar-refractivity contribution in [3.05, 3.63) is 36.0 Å². The van der Waals surface area contributed by atoms with Crippen LogP contribution in [0.15, 0.2) is 35.4 Å². The van der Waals surface area contributed by atoms with E-state index in [1.165, 1.54) is 25.3 Å². The Morgan fingerprint density at radius 3 is 2.65 bits per heavy atom. The highest BCUT2D eigenvalue weighted by Gasteiger charge is 2.30. The van der Waals surface area contributed by atoms with Crippen LogP contribution >= 0.6 is 0 Å². The molecule has 1 aliphatic rings. The summed E-state index contributed by atoms with van der Waals surface area (Å²) < 4.78 is 34.6. The van der Waals surface area contributed by atoms with Crippen molar-refractivity contribution in [1.82, 2.24) is 14.5 Å². The van der Waals surface area contributed by atoms with E-state index < -0.39 is 15.9 Å². The molecule has 2 aromatic rings. The molecule has 0 bridgehead atoms. The Morgan fingerprint density at radius 1 is 1.31 bits per heavy atom. The monoisotopic (exact) mass is 378 g/mol. The van der Waals surface area contributed by atoms with E-state index in [2.05, 4.69) is 15.1 Å². The smallest absolute Gasteiger partial charge is 0.256 e. The van der Waals surface area contributed by atoms with E-state index in [0.717, 1.165) is 12.8 Å². The number of sulfonamides is 1. The zero-order valence-electron chi connectivity index (χ0n) is 14.9. The minimum atomic E-state index is -3.75. The van der Waals surface area contributed by atoms with Crippen molar-refractivity contribution in [3.63, 3.8) is 0 Å². The molecule has 0 radical (unpaired) electrons. The van der Waals surface area contributed by atoms with E-state index in [1.54, 1.807) is 16.9 Å². The molecule has 2 N–H and O–H groups in total. The lowest BCUT2D eigenvalue weighted by atomic mass is 10.2. The SMILES string of the molecule is COc1ccc(C(=O)Nc2ccnn2C(C)C)cc1S(=O)(=O)NC1CC1. The number of methoxy groups -OCH3 is 1. The summed E-state index contributed by atoms with van der Waals surface area (Å²) in [6.45, 7) is 3.90. The number of carbonyl (C=O) groups excluding carboxylic acids is 1. The minimum Gasteiger partial charge on any atom is -0.495 e. The highest BCUT2D eigenvalue weighted by molar-refractivity contribution is 7.89. The van der Waals surface area contributed by atoms with E-state index in [1.807, 2.05) is 13.8 Å². The number of ether oxygens (including phenoxy) is 1. The minimum absolute atomic E-state index is 0.0393. The molecule has 3 rings (SSSR count). The number of hydrogen-bond acceptors (Lipinski definition) is 5. The Morgan fingerprint density at radius 2 is 2.04 bits per heavy atom. The van der Waals surface area contributed by atoms with Crippen LogP contribution in [0.3, 0.4) is 0 Å². The number of aromatic nitrogens is 2. The van der Waals surface area contributed by atoms with Crippen LogP contribution in [0.5, 0.6) is 5.75 Å². The average Bonchev–Trinajstić information content (AvgIpc) is 3.27. The van der Waals surface area contributed by atoms with Gasteiger partial charge in [0.15, 0.2) is 0 Å². The molecule has 0 spiro atoms. The number of nitrogens with one attached hydrogen (secondary N) is 2. The van der Waals surface area contributed by atoms with Crippen LogP contribution in [0.4, 0.5) is 5.82 Å². The largest absolute Gasteiger partial charge is 0.495 e. The maximum absolute atomic E-state index is 12.6. The second kappa shape index (κ2) is 7.08.